The molecular formula is C42H25BrN6O. The molecule has 0 aliphatic rings. The molecule has 7 nitrogen and oxygen atoms in total. The molecule has 0 spiro atoms. The first-order valence-electron chi connectivity index (χ1n) is 16.1. The molecule has 0 saturated heterocycles. The molecule has 0 N–H and O–H groups in total. The Balaban J connectivity index is 1.34. The van der Waals surface area contributed by atoms with Gasteiger partial charge >= 0.3 is 0 Å². The van der Waals surface area contributed by atoms with Gasteiger partial charge in [-0.3, -0.25) is 0 Å². The Labute approximate surface area is 295 Å². The number of nitrogens with zero attached hydrogens (tertiary/aromatic N) is 6. The molecule has 0 aliphatic carbocycles. The Morgan fingerprint density at radius 2 is 0.820 bits per heavy atom. The van der Waals surface area contributed by atoms with Crippen LogP contribution in [-0.4, -0.2) is 29.9 Å². The van der Waals surface area contributed by atoms with Gasteiger partial charge in [-0.25, -0.2) is 29.9 Å². The topological polar surface area (TPSA) is 90.5 Å². The number of aromatic nitrogens is 6. The summed E-state index contributed by atoms with van der Waals surface area (Å²) in [4.78, 5) is 30.5. The quantitative estimate of drug-likeness (QED) is 0.170. The zero-order valence-electron chi connectivity index (χ0n) is 26.4. The second-order valence-electron chi connectivity index (χ2n) is 11.7. The molecule has 0 aliphatic heterocycles. The molecule has 0 unspecified atom stereocenters. The van der Waals surface area contributed by atoms with Gasteiger partial charge in [-0.2, -0.15) is 0 Å². The summed E-state index contributed by atoms with van der Waals surface area (Å²) >= 11 is 3.64. The van der Waals surface area contributed by atoms with Crippen molar-refractivity contribution in [2.45, 2.75) is 0 Å². The second kappa shape index (κ2) is 12.6. The first-order chi connectivity index (χ1) is 24.7. The van der Waals surface area contributed by atoms with E-state index in [4.69, 9.17) is 34.3 Å². The standard InChI is InChI=1S/C42H25BrN6O/c43-30-21-22-36-31(23-30)37-39(50-36)38(40-44-32(26-13-5-1-6-14-26)24-33(45-40)27-15-7-2-8-16-27)49-42(48-37)41-46-34(28-17-9-3-10-18-28)25-35(47-41)29-19-11-4-12-20-29/h1-25H. The van der Waals surface area contributed by atoms with E-state index in [2.05, 4.69) is 15.9 Å². The molecule has 236 valence electrons. The minimum atomic E-state index is 0.333. The lowest BCUT2D eigenvalue weighted by molar-refractivity contribution is 0.666. The first-order valence-corrected chi connectivity index (χ1v) is 16.9. The lowest BCUT2D eigenvalue weighted by atomic mass is 10.1. The van der Waals surface area contributed by atoms with Gasteiger partial charge < -0.3 is 4.42 Å². The van der Waals surface area contributed by atoms with Crippen LogP contribution in [-0.2, 0) is 0 Å². The van der Waals surface area contributed by atoms with Crippen molar-refractivity contribution in [3.05, 3.63) is 156 Å². The minimum absolute atomic E-state index is 0.333. The van der Waals surface area contributed by atoms with Crippen molar-refractivity contribution in [3.8, 4) is 68.2 Å². The summed E-state index contributed by atoms with van der Waals surface area (Å²) in [5, 5.41) is 0.823. The third-order valence-corrected chi connectivity index (χ3v) is 8.91. The summed E-state index contributed by atoms with van der Waals surface area (Å²) in [5.41, 5.74) is 9.08. The van der Waals surface area contributed by atoms with Gasteiger partial charge in [0.25, 0.3) is 0 Å². The molecule has 9 rings (SSSR count). The van der Waals surface area contributed by atoms with E-state index >= 15 is 0 Å². The van der Waals surface area contributed by atoms with Crippen LogP contribution in [0.4, 0.5) is 0 Å². The van der Waals surface area contributed by atoms with Crippen LogP contribution >= 0.6 is 15.9 Å². The molecule has 4 heterocycles. The maximum atomic E-state index is 6.49. The molecule has 0 radical (unpaired) electrons. The number of fused-ring (bicyclic) bond motifs is 3. The highest BCUT2D eigenvalue weighted by Crippen LogP contribution is 2.37. The van der Waals surface area contributed by atoms with Crippen molar-refractivity contribution in [3.63, 3.8) is 0 Å². The average Bonchev–Trinajstić information content (AvgIpc) is 3.56. The maximum absolute atomic E-state index is 6.49. The van der Waals surface area contributed by atoms with Crippen molar-refractivity contribution in [1.82, 2.24) is 29.9 Å². The number of halogens is 1. The molecule has 4 aromatic heterocycles. The zero-order chi connectivity index (χ0) is 33.4. The van der Waals surface area contributed by atoms with E-state index in [9.17, 15) is 0 Å². The van der Waals surface area contributed by atoms with Crippen LogP contribution < -0.4 is 0 Å². The molecule has 5 aromatic carbocycles. The molecule has 50 heavy (non-hydrogen) atoms. The Morgan fingerprint density at radius 3 is 1.28 bits per heavy atom. The summed E-state index contributed by atoms with van der Waals surface area (Å²) in [6, 6.07) is 50.1. The van der Waals surface area contributed by atoms with Gasteiger partial charge in [0.2, 0.25) is 0 Å². The van der Waals surface area contributed by atoms with E-state index in [0.717, 1.165) is 54.9 Å². The lowest BCUT2D eigenvalue weighted by Crippen LogP contribution is -2.03. The number of furan rings is 1. The summed E-state index contributed by atoms with van der Waals surface area (Å²) < 4.78 is 7.39. The third-order valence-electron chi connectivity index (χ3n) is 8.42. The highest BCUT2D eigenvalue weighted by Gasteiger charge is 2.23. The lowest BCUT2D eigenvalue weighted by Gasteiger charge is -2.11. The van der Waals surface area contributed by atoms with E-state index in [1.165, 1.54) is 0 Å². The van der Waals surface area contributed by atoms with Gasteiger partial charge in [-0.05, 0) is 30.3 Å². The van der Waals surface area contributed by atoms with Gasteiger partial charge in [0.1, 0.15) is 11.1 Å². The summed E-state index contributed by atoms with van der Waals surface area (Å²) in [6.07, 6.45) is 0. The predicted octanol–water partition coefficient (Wildman–Crippen LogP) is 10.7. The fourth-order valence-electron chi connectivity index (χ4n) is 6.00. The van der Waals surface area contributed by atoms with E-state index in [1.807, 2.05) is 152 Å². The fourth-order valence-corrected chi connectivity index (χ4v) is 6.36. The van der Waals surface area contributed by atoms with Crippen molar-refractivity contribution in [2.75, 3.05) is 0 Å². The van der Waals surface area contributed by atoms with Crippen LogP contribution in [0.1, 0.15) is 0 Å². The molecule has 0 amide bonds. The minimum Gasteiger partial charge on any atom is -0.452 e. The SMILES string of the molecule is Brc1ccc2oc3c(-c4nc(-c5ccccc5)cc(-c5ccccc5)n4)nc(-c4nc(-c5ccccc5)cc(-c5ccccc5)n4)nc3c2c1. The third kappa shape index (κ3) is 5.61. The summed E-state index contributed by atoms with van der Waals surface area (Å²) in [5.74, 6) is 1.11. The summed E-state index contributed by atoms with van der Waals surface area (Å²) in [6.45, 7) is 0. The van der Waals surface area contributed by atoms with Gasteiger partial charge in [-0.15, -0.1) is 0 Å². The predicted molar refractivity (Wildman–Crippen MR) is 201 cm³/mol. The molecule has 0 saturated carbocycles. The normalized spacial score (nSPS) is 11.3. The van der Waals surface area contributed by atoms with Crippen LogP contribution in [0, 0.1) is 0 Å². The average molecular weight is 710 g/mol. The molecular weight excluding hydrogens is 684 g/mol. The highest BCUT2D eigenvalue weighted by molar-refractivity contribution is 9.10. The maximum Gasteiger partial charge on any atom is 0.199 e. The number of hydrogen-bond acceptors (Lipinski definition) is 7. The Morgan fingerprint density at radius 1 is 0.400 bits per heavy atom. The van der Waals surface area contributed by atoms with Crippen molar-refractivity contribution in [2.24, 2.45) is 0 Å². The van der Waals surface area contributed by atoms with Gasteiger partial charge in [0.05, 0.1) is 22.8 Å². The van der Waals surface area contributed by atoms with Crippen molar-refractivity contribution in [1.29, 1.82) is 0 Å². The van der Waals surface area contributed by atoms with Crippen LogP contribution in [0.2, 0.25) is 0 Å². The number of rotatable bonds is 6. The highest BCUT2D eigenvalue weighted by atomic mass is 79.9. The molecule has 0 atom stereocenters. The summed E-state index contributed by atoms with van der Waals surface area (Å²) in [7, 11) is 0. The molecule has 0 bridgehead atoms. The monoisotopic (exact) mass is 708 g/mol. The van der Waals surface area contributed by atoms with E-state index < -0.39 is 0 Å². The fraction of sp³-hybridized carbons (Fsp3) is 0. The first kappa shape index (κ1) is 29.7. The van der Waals surface area contributed by atoms with Crippen LogP contribution in [0.15, 0.2) is 161 Å². The molecule has 0 fully saturated rings. The smallest absolute Gasteiger partial charge is 0.199 e. The van der Waals surface area contributed by atoms with E-state index in [1.54, 1.807) is 0 Å². The van der Waals surface area contributed by atoms with E-state index in [0.29, 0.717) is 39.8 Å². The van der Waals surface area contributed by atoms with Crippen molar-refractivity contribution < 1.29 is 4.42 Å². The van der Waals surface area contributed by atoms with Gasteiger partial charge in [0, 0.05) is 32.1 Å². The second-order valence-corrected chi connectivity index (χ2v) is 12.6. The van der Waals surface area contributed by atoms with Crippen LogP contribution in [0.5, 0.6) is 0 Å². The number of hydrogen-bond donors (Lipinski definition) is 0. The Bertz CT molecular complexity index is 2530. The van der Waals surface area contributed by atoms with Crippen LogP contribution in [0.3, 0.4) is 0 Å². The largest absolute Gasteiger partial charge is 0.452 e. The van der Waals surface area contributed by atoms with Gasteiger partial charge in [-0.1, -0.05) is 137 Å². The van der Waals surface area contributed by atoms with Crippen molar-refractivity contribution >= 4 is 38.0 Å². The zero-order valence-corrected chi connectivity index (χ0v) is 28.0. The Kier molecular flexibility index (Phi) is 7.48. The van der Waals surface area contributed by atoms with Gasteiger partial charge in [0.15, 0.2) is 28.8 Å². The van der Waals surface area contributed by atoms with Crippen LogP contribution in [0.25, 0.3) is 90.3 Å². The molecule has 9 aromatic rings. The molecule has 8 heteroatoms. The van der Waals surface area contributed by atoms with E-state index in [-0.39, 0.29) is 0 Å². The Hall–Kier alpha value is -6.38. The number of benzene rings is 5.